The quantitative estimate of drug-likeness (QED) is 0.701. The molecule has 148 valence electrons. The molecule has 7 nitrogen and oxygen atoms in total. The van der Waals surface area contributed by atoms with Gasteiger partial charge in [-0.3, -0.25) is 9.10 Å². The lowest BCUT2D eigenvalue weighted by Gasteiger charge is -2.19. The zero-order valence-electron chi connectivity index (χ0n) is 15.9. The highest BCUT2D eigenvalue weighted by Gasteiger charge is 2.22. The highest BCUT2D eigenvalue weighted by molar-refractivity contribution is 7.92. The maximum atomic E-state index is 12.8. The third-order valence-corrected chi connectivity index (χ3v) is 6.80. The lowest BCUT2D eigenvalue weighted by molar-refractivity contribution is 0.102. The van der Waals surface area contributed by atoms with E-state index in [2.05, 4.69) is 15.3 Å². The number of carbonyl (C=O) groups excluding carboxylic acids is 1. The number of carbonyl (C=O) groups is 1. The number of amides is 1. The Morgan fingerprint density at radius 2 is 1.72 bits per heavy atom. The van der Waals surface area contributed by atoms with Gasteiger partial charge in [0.05, 0.1) is 10.6 Å². The number of nitrogens with zero attached hydrogens (tertiary/aromatic N) is 3. The van der Waals surface area contributed by atoms with Gasteiger partial charge in [0.25, 0.3) is 15.9 Å². The molecule has 8 heteroatoms. The predicted octanol–water partition coefficient (Wildman–Crippen LogP) is 3.04. The van der Waals surface area contributed by atoms with Gasteiger partial charge < -0.3 is 5.32 Å². The lowest BCUT2D eigenvalue weighted by atomic mass is 10.2. The predicted molar refractivity (Wildman–Crippen MR) is 110 cm³/mol. The Morgan fingerprint density at radius 3 is 2.45 bits per heavy atom. The molecule has 0 atom stereocenters. The van der Waals surface area contributed by atoms with Crippen LogP contribution >= 0.6 is 0 Å². The molecule has 29 heavy (non-hydrogen) atoms. The number of fused-ring (bicyclic) bond motifs is 1. The average Bonchev–Trinajstić information content (AvgIpc) is 3.24. The van der Waals surface area contributed by atoms with E-state index < -0.39 is 10.0 Å². The molecule has 0 saturated carbocycles. The van der Waals surface area contributed by atoms with E-state index >= 15 is 0 Å². The van der Waals surface area contributed by atoms with E-state index in [0.29, 0.717) is 17.1 Å². The minimum absolute atomic E-state index is 0.114. The molecular weight excluding hydrogens is 388 g/mol. The van der Waals surface area contributed by atoms with Crippen LogP contribution in [0.25, 0.3) is 0 Å². The molecule has 0 spiro atoms. The van der Waals surface area contributed by atoms with Gasteiger partial charge in [0, 0.05) is 23.9 Å². The Morgan fingerprint density at radius 1 is 1.00 bits per heavy atom. The number of anilines is 2. The van der Waals surface area contributed by atoms with Crippen LogP contribution in [0.15, 0.2) is 65.8 Å². The zero-order chi connectivity index (χ0) is 20.4. The summed E-state index contributed by atoms with van der Waals surface area (Å²) in [7, 11) is -2.22. The Balaban J connectivity index is 1.53. The molecule has 3 aromatic rings. The molecular formula is C21H20N4O3S. The van der Waals surface area contributed by atoms with Crippen LogP contribution in [-0.4, -0.2) is 31.3 Å². The first kappa shape index (κ1) is 19.1. The van der Waals surface area contributed by atoms with Crippen molar-refractivity contribution in [1.82, 2.24) is 9.97 Å². The highest BCUT2D eigenvalue weighted by atomic mass is 32.2. The van der Waals surface area contributed by atoms with Gasteiger partial charge in [0.2, 0.25) is 0 Å². The summed E-state index contributed by atoms with van der Waals surface area (Å²) in [6.45, 7) is 0. The summed E-state index contributed by atoms with van der Waals surface area (Å²) in [6, 6.07) is 14.7. The Bertz CT molecular complexity index is 1150. The first-order valence-electron chi connectivity index (χ1n) is 9.25. The Hall–Kier alpha value is -3.26. The topological polar surface area (TPSA) is 92.3 Å². The van der Waals surface area contributed by atoms with Crippen molar-refractivity contribution in [2.75, 3.05) is 16.7 Å². The van der Waals surface area contributed by atoms with Crippen LogP contribution in [0, 0.1) is 0 Å². The molecule has 1 amide bonds. The summed E-state index contributed by atoms with van der Waals surface area (Å²) in [6.07, 6.45) is 4.18. The summed E-state index contributed by atoms with van der Waals surface area (Å²) >= 11 is 0. The first-order chi connectivity index (χ1) is 14.0. The van der Waals surface area contributed by atoms with Crippen LogP contribution in [0.1, 0.15) is 28.0 Å². The van der Waals surface area contributed by atoms with E-state index in [9.17, 15) is 13.2 Å². The number of para-hydroxylation sites is 1. The molecule has 0 aliphatic heterocycles. The minimum atomic E-state index is -3.72. The standard InChI is InChI=1S/C21H20N4O3S/c1-25(16-6-3-2-4-7-16)29(27,28)17-12-10-15(11-13-17)21(26)24-20-18-8-5-9-19(18)22-14-23-20/h2-4,6-7,10-14H,5,8-9H2,1H3,(H,22,23,24,26). The van der Waals surface area contributed by atoms with E-state index in [1.54, 1.807) is 24.3 Å². The number of sulfonamides is 1. The number of aryl methyl sites for hydroxylation is 1. The lowest BCUT2D eigenvalue weighted by Crippen LogP contribution is -2.26. The molecule has 1 heterocycles. The fourth-order valence-electron chi connectivity index (χ4n) is 3.36. The number of aromatic nitrogens is 2. The molecule has 0 fully saturated rings. The molecule has 1 aromatic heterocycles. The van der Waals surface area contributed by atoms with Crippen LogP contribution in [0.4, 0.5) is 11.5 Å². The number of nitrogens with one attached hydrogen (secondary N) is 1. The Labute approximate surface area is 169 Å². The van der Waals surface area contributed by atoms with Crippen LogP contribution in [0.5, 0.6) is 0 Å². The van der Waals surface area contributed by atoms with Crippen molar-refractivity contribution in [1.29, 1.82) is 0 Å². The van der Waals surface area contributed by atoms with Crippen molar-refractivity contribution in [3.8, 4) is 0 Å². The van der Waals surface area contributed by atoms with Gasteiger partial charge in [-0.1, -0.05) is 18.2 Å². The summed E-state index contributed by atoms with van der Waals surface area (Å²) in [5, 5.41) is 2.82. The van der Waals surface area contributed by atoms with Crippen LogP contribution in [0.2, 0.25) is 0 Å². The third-order valence-electron chi connectivity index (χ3n) is 5.00. The first-order valence-corrected chi connectivity index (χ1v) is 10.7. The second-order valence-electron chi connectivity index (χ2n) is 6.79. The smallest absolute Gasteiger partial charge is 0.264 e. The van der Waals surface area contributed by atoms with Crippen molar-refractivity contribution >= 4 is 27.4 Å². The largest absolute Gasteiger partial charge is 0.306 e. The van der Waals surface area contributed by atoms with E-state index in [4.69, 9.17) is 0 Å². The minimum Gasteiger partial charge on any atom is -0.306 e. The van der Waals surface area contributed by atoms with Crippen LogP contribution < -0.4 is 9.62 Å². The van der Waals surface area contributed by atoms with Gasteiger partial charge in [-0.25, -0.2) is 18.4 Å². The summed E-state index contributed by atoms with van der Waals surface area (Å²) in [4.78, 5) is 21.1. The number of hydrogen-bond acceptors (Lipinski definition) is 5. The summed E-state index contributed by atoms with van der Waals surface area (Å²) in [5.41, 5.74) is 2.87. The molecule has 1 aliphatic rings. The molecule has 1 aliphatic carbocycles. The van der Waals surface area contributed by atoms with Crippen LogP contribution in [0.3, 0.4) is 0 Å². The number of hydrogen-bond donors (Lipinski definition) is 1. The zero-order valence-corrected chi connectivity index (χ0v) is 16.7. The van der Waals surface area contributed by atoms with Crippen molar-refractivity contribution < 1.29 is 13.2 Å². The Kier molecular flexibility index (Phi) is 5.02. The van der Waals surface area contributed by atoms with Gasteiger partial charge in [-0.15, -0.1) is 0 Å². The van der Waals surface area contributed by atoms with Gasteiger partial charge >= 0.3 is 0 Å². The molecule has 0 unspecified atom stereocenters. The monoisotopic (exact) mass is 408 g/mol. The van der Waals surface area contributed by atoms with E-state index in [0.717, 1.165) is 30.5 Å². The van der Waals surface area contributed by atoms with Crippen molar-refractivity contribution in [3.63, 3.8) is 0 Å². The molecule has 0 bridgehead atoms. The number of benzene rings is 2. The van der Waals surface area contributed by atoms with Crippen molar-refractivity contribution in [3.05, 3.63) is 77.7 Å². The van der Waals surface area contributed by atoms with Crippen molar-refractivity contribution in [2.24, 2.45) is 0 Å². The second kappa shape index (κ2) is 7.63. The van der Waals surface area contributed by atoms with E-state index in [1.807, 2.05) is 6.07 Å². The van der Waals surface area contributed by atoms with E-state index in [1.165, 1.54) is 41.9 Å². The second-order valence-corrected chi connectivity index (χ2v) is 8.76. The SMILES string of the molecule is CN(c1ccccc1)S(=O)(=O)c1ccc(C(=O)Nc2ncnc3c2CCC3)cc1. The normalized spacial score (nSPS) is 13.0. The van der Waals surface area contributed by atoms with Gasteiger partial charge in [-0.05, 0) is 55.7 Å². The molecule has 0 radical (unpaired) electrons. The average molecular weight is 408 g/mol. The molecule has 2 aromatic carbocycles. The highest BCUT2D eigenvalue weighted by Crippen LogP contribution is 2.26. The van der Waals surface area contributed by atoms with Crippen LogP contribution in [-0.2, 0) is 22.9 Å². The van der Waals surface area contributed by atoms with Gasteiger partial charge in [-0.2, -0.15) is 0 Å². The maximum Gasteiger partial charge on any atom is 0.264 e. The maximum absolute atomic E-state index is 12.8. The molecule has 1 N–H and O–H groups in total. The fraction of sp³-hybridized carbons (Fsp3) is 0.190. The number of rotatable bonds is 5. The molecule has 0 saturated heterocycles. The summed E-state index contributed by atoms with van der Waals surface area (Å²) in [5.74, 6) is 0.191. The summed E-state index contributed by atoms with van der Waals surface area (Å²) < 4.78 is 26.9. The van der Waals surface area contributed by atoms with E-state index in [-0.39, 0.29) is 10.8 Å². The van der Waals surface area contributed by atoms with Gasteiger partial charge in [0.1, 0.15) is 12.1 Å². The fourth-order valence-corrected chi connectivity index (χ4v) is 4.56. The third kappa shape index (κ3) is 3.71. The van der Waals surface area contributed by atoms with Gasteiger partial charge in [0.15, 0.2) is 0 Å². The van der Waals surface area contributed by atoms with Crippen molar-refractivity contribution in [2.45, 2.75) is 24.2 Å². The molecule has 4 rings (SSSR count).